The molecule has 1 fully saturated rings. The molecule has 0 aromatic heterocycles. The lowest BCUT2D eigenvalue weighted by Crippen LogP contribution is -2.48. The van der Waals surface area contributed by atoms with E-state index in [0.29, 0.717) is 0 Å². The van der Waals surface area contributed by atoms with Gasteiger partial charge in [0.2, 0.25) is 0 Å². The van der Waals surface area contributed by atoms with E-state index in [-0.39, 0.29) is 5.60 Å². The molecule has 4 heteroatoms. The highest BCUT2D eigenvalue weighted by molar-refractivity contribution is 6.33. The first-order valence-electron chi connectivity index (χ1n) is 6.90. The fourth-order valence-corrected chi connectivity index (χ4v) is 2.84. The van der Waals surface area contributed by atoms with Crippen LogP contribution in [0.4, 0.5) is 5.69 Å². The van der Waals surface area contributed by atoms with Crippen molar-refractivity contribution in [1.29, 1.82) is 0 Å². The minimum Gasteiger partial charge on any atom is -0.372 e. The van der Waals surface area contributed by atoms with E-state index in [1.165, 1.54) is 5.56 Å². The van der Waals surface area contributed by atoms with Gasteiger partial charge in [-0.05, 0) is 32.0 Å². The molecular formula is C15H23ClN2O. The van der Waals surface area contributed by atoms with Crippen LogP contribution in [0.25, 0.3) is 0 Å². The molecule has 0 unspecified atom stereocenters. The van der Waals surface area contributed by atoms with Gasteiger partial charge in [-0.1, -0.05) is 30.7 Å². The number of hydrogen-bond acceptors (Lipinski definition) is 3. The monoisotopic (exact) mass is 282 g/mol. The Morgan fingerprint density at radius 1 is 1.42 bits per heavy atom. The number of benzene rings is 1. The Balaban J connectivity index is 2.26. The number of halogens is 1. The predicted molar refractivity (Wildman–Crippen MR) is 81.1 cm³/mol. The largest absolute Gasteiger partial charge is 0.372 e. The molecule has 1 heterocycles. The van der Waals surface area contributed by atoms with Crippen LogP contribution in [0.3, 0.4) is 0 Å². The average molecular weight is 283 g/mol. The highest BCUT2D eigenvalue weighted by atomic mass is 35.5. The molecule has 1 N–H and O–H groups in total. The summed E-state index contributed by atoms with van der Waals surface area (Å²) in [5.41, 5.74) is 2.29. The average Bonchev–Trinajstić information content (AvgIpc) is 2.35. The van der Waals surface area contributed by atoms with E-state index >= 15 is 0 Å². The summed E-state index contributed by atoms with van der Waals surface area (Å²) in [5, 5.41) is 4.20. The van der Waals surface area contributed by atoms with Crippen molar-refractivity contribution >= 4 is 17.3 Å². The van der Waals surface area contributed by atoms with Crippen LogP contribution in [0.5, 0.6) is 0 Å². The van der Waals surface area contributed by atoms with Gasteiger partial charge in [-0.25, -0.2) is 0 Å². The summed E-state index contributed by atoms with van der Waals surface area (Å²) in [4.78, 5) is 2.35. The van der Waals surface area contributed by atoms with Crippen molar-refractivity contribution in [2.24, 2.45) is 0 Å². The Morgan fingerprint density at radius 3 is 2.89 bits per heavy atom. The van der Waals surface area contributed by atoms with Crippen molar-refractivity contribution in [2.45, 2.75) is 32.9 Å². The van der Waals surface area contributed by atoms with Gasteiger partial charge in [0.15, 0.2) is 0 Å². The number of nitrogens with zero attached hydrogens (tertiary/aromatic N) is 1. The predicted octanol–water partition coefficient (Wildman–Crippen LogP) is 3.06. The van der Waals surface area contributed by atoms with Crippen molar-refractivity contribution in [2.75, 3.05) is 31.1 Å². The van der Waals surface area contributed by atoms with Crippen LogP contribution in [-0.4, -0.2) is 31.8 Å². The summed E-state index contributed by atoms with van der Waals surface area (Å²) in [6.07, 6.45) is 0. The maximum atomic E-state index is 6.42. The number of ether oxygens (including phenoxy) is 1. The van der Waals surface area contributed by atoms with E-state index in [2.05, 4.69) is 37.1 Å². The Morgan fingerprint density at radius 2 is 2.21 bits per heavy atom. The first kappa shape index (κ1) is 14.6. The molecule has 106 valence electrons. The summed E-state index contributed by atoms with van der Waals surface area (Å²) in [6.45, 7) is 10.7. The molecule has 1 saturated heterocycles. The molecule has 1 aromatic carbocycles. The molecule has 0 bridgehead atoms. The van der Waals surface area contributed by atoms with Gasteiger partial charge in [0, 0.05) is 19.6 Å². The SMILES string of the molecule is CCNCc1cccc(Cl)c1N1CCOC(C)(C)C1. The quantitative estimate of drug-likeness (QED) is 0.919. The van der Waals surface area contributed by atoms with Crippen molar-refractivity contribution < 1.29 is 4.74 Å². The fraction of sp³-hybridized carbons (Fsp3) is 0.600. The number of morpholine rings is 1. The molecule has 1 aromatic rings. The van der Waals surface area contributed by atoms with Crippen molar-refractivity contribution in [3.63, 3.8) is 0 Å². The zero-order chi connectivity index (χ0) is 13.9. The van der Waals surface area contributed by atoms with Crippen LogP contribution in [0.15, 0.2) is 18.2 Å². The molecule has 0 radical (unpaired) electrons. The Bertz CT molecular complexity index is 434. The summed E-state index contributed by atoms with van der Waals surface area (Å²) in [5.74, 6) is 0. The lowest BCUT2D eigenvalue weighted by molar-refractivity contribution is -0.0277. The Kier molecular flexibility index (Phi) is 4.71. The highest BCUT2D eigenvalue weighted by Crippen LogP contribution is 2.33. The lowest BCUT2D eigenvalue weighted by Gasteiger charge is -2.40. The molecule has 0 amide bonds. The molecule has 0 atom stereocenters. The van der Waals surface area contributed by atoms with E-state index in [9.17, 15) is 0 Å². The van der Waals surface area contributed by atoms with E-state index in [1.807, 2.05) is 12.1 Å². The van der Waals surface area contributed by atoms with Crippen LogP contribution >= 0.6 is 11.6 Å². The topological polar surface area (TPSA) is 24.5 Å². The number of anilines is 1. The normalized spacial score (nSPS) is 18.6. The number of para-hydroxylation sites is 1. The van der Waals surface area contributed by atoms with E-state index in [1.54, 1.807) is 0 Å². The molecule has 1 aliphatic rings. The third-order valence-electron chi connectivity index (χ3n) is 3.38. The van der Waals surface area contributed by atoms with Crippen molar-refractivity contribution in [3.8, 4) is 0 Å². The van der Waals surface area contributed by atoms with Crippen LogP contribution < -0.4 is 10.2 Å². The van der Waals surface area contributed by atoms with E-state index in [0.717, 1.165) is 43.5 Å². The van der Waals surface area contributed by atoms with Crippen LogP contribution in [0, 0.1) is 0 Å². The third kappa shape index (κ3) is 3.62. The maximum Gasteiger partial charge on any atom is 0.0801 e. The first-order chi connectivity index (χ1) is 9.03. The number of hydrogen-bond donors (Lipinski definition) is 1. The Labute approximate surface area is 120 Å². The summed E-state index contributed by atoms with van der Waals surface area (Å²) in [7, 11) is 0. The number of rotatable bonds is 4. The number of nitrogens with one attached hydrogen (secondary N) is 1. The molecule has 0 spiro atoms. The van der Waals surface area contributed by atoms with Gasteiger partial charge in [0.25, 0.3) is 0 Å². The summed E-state index contributed by atoms with van der Waals surface area (Å²) < 4.78 is 5.78. The standard InChI is InChI=1S/C15H23ClN2O/c1-4-17-10-12-6-5-7-13(16)14(12)18-8-9-19-15(2,3)11-18/h5-7,17H,4,8-11H2,1-3H3. The van der Waals surface area contributed by atoms with Gasteiger partial charge >= 0.3 is 0 Å². The van der Waals surface area contributed by atoms with Crippen molar-refractivity contribution in [3.05, 3.63) is 28.8 Å². The summed E-state index contributed by atoms with van der Waals surface area (Å²) in [6, 6.07) is 6.13. The summed E-state index contributed by atoms with van der Waals surface area (Å²) >= 11 is 6.42. The van der Waals surface area contributed by atoms with Crippen LogP contribution in [0.1, 0.15) is 26.3 Å². The third-order valence-corrected chi connectivity index (χ3v) is 3.68. The second-order valence-corrected chi connectivity index (χ2v) is 5.96. The fourth-order valence-electron chi connectivity index (χ4n) is 2.52. The molecule has 0 saturated carbocycles. The second kappa shape index (κ2) is 6.12. The molecule has 0 aliphatic carbocycles. The van der Waals surface area contributed by atoms with Gasteiger partial charge in [-0.3, -0.25) is 0 Å². The van der Waals surface area contributed by atoms with Crippen molar-refractivity contribution in [1.82, 2.24) is 5.32 Å². The minimum absolute atomic E-state index is 0.118. The molecular weight excluding hydrogens is 260 g/mol. The second-order valence-electron chi connectivity index (χ2n) is 5.56. The molecule has 3 nitrogen and oxygen atoms in total. The van der Waals surface area contributed by atoms with Gasteiger partial charge in [-0.2, -0.15) is 0 Å². The minimum atomic E-state index is -0.118. The highest BCUT2D eigenvalue weighted by Gasteiger charge is 2.29. The molecule has 2 rings (SSSR count). The molecule has 1 aliphatic heterocycles. The van der Waals surface area contributed by atoms with E-state index < -0.39 is 0 Å². The zero-order valence-corrected chi connectivity index (χ0v) is 12.8. The smallest absolute Gasteiger partial charge is 0.0801 e. The van der Waals surface area contributed by atoms with Gasteiger partial charge in [0.05, 0.1) is 22.9 Å². The van der Waals surface area contributed by atoms with Gasteiger partial charge in [-0.15, -0.1) is 0 Å². The van der Waals surface area contributed by atoms with E-state index in [4.69, 9.17) is 16.3 Å². The van der Waals surface area contributed by atoms with Crippen LogP contribution in [-0.2, 0) is 11.3 Å². The zero-order valence-electron chi connectivity index (χ0n) is 12.0. The lowest BCUT2D eigenvalue weighted by atomic mass is 10.0. The molecule has 19 heavy (non-hydrogen) atoms. The van der Waals surface area contributed by atoms with Gasteiger partial charge < -0.3 is 15.0 Å². The van der Waals surface area contributed by atoms with Crippen LogP contribution in [0.2, 0.25) is 5.02 Å². The Hall–Kier alpha value is -0.770. The van der Waals surface area contributed by atoms with Gasteiger partial charge in [0.1, 0.15) is 0 Å². The first-order valence-corrected chi connectivity index (χ1v) is 7.28. The maximum absolute atomic E-state index is 6.42.